The topological polar surface area (TPSA) is 30.2 Å². The molecule has 0 aliphatic heterocycles. The zero-order valence-electron chi connectivity index (χ0n) is 8.34. The van der Waals surface area contributed by atoms with Gasteiger partial charge in [-0.3, -0.25) is 9.38 Å². The molecular weight excluding hydrogens is 266 g/mol. The van der Waals surface area contributed by atoms with Gasteiger partial charge in [0.2, 0.25) is 0 Å². The fourth-order valence-electron chi connectivity index (χ4n) is 1.61. The number of hydrogen-bond donors (Lipinski definition) is 0. The maximum atomic E-state index is 4.51. The van der Waals surface area contributed by atoms with Crippen LogP contribution >= 0.6 is 15.9 Å². The third kappa shape index (κ3) is 1.51. The number of halogens is 1. The van der Waals surface area contributed by atoms with Crippen LogP contribution in [0.5, 0.6) is 0 Å². The quantitative estimate of drug-likeness (QED) is 0.638. The van der Waals surface area contributed by atoms with Gasteiger partial charge in [-0.1, -0.05) is 12.1 Å². The number of rotatable bonds is 1. The van der Waals surface area contributed by atoms with Crippen molar-refractivity contribution >= 4 is 21.6 Å². The number of aromatic nitrogens is 3. The Hall–Kier alpha value is -1.68. The lowest BCUT2D eigenvalue weighted by atomic mass is 10.3. The van der Waals surface area contributed by atoms with Crippen molar-refractivity contribution in [3.63, 3.8) is 0 Å². The van der Waals surface area contributed by atoms with E-state index in [1.54, 1.807) is 6.20 Å². The van der Waals surface area contributed by atoms with Gasteiger partial charge in [-0.05, 0) is 40.2 Å². The van der Waals surface area contributed by atoms with E-state index >= 15 is 0 Å². The SMILES string of the molecule is Brc1cccc2nc(-c3ccccn3)cn12. The third-order valence-electron chi connectivity index (χ3n) is 2.37. The van der Waals surface area contributed by atoms with Crippen molar-refractivity contribution in [3.05, 3.63) is 53.4 Å². The molecule has 3 heterocycles. The van der Waals surface area contributed by atoms with E-state index < -0.39 is 0 Å². The molecule has 0 radical (unpaired) electrons. The summed E-state index contributed by atoms with van der Waals surface area (Å²) in [6.45, 7) is 0. The first-order chi connectivity index (χ1) is 7.84. The highest BCUT2D eigenvalue weighted by Crippen LogP contribution is 2.19. The summed E-state index contributed by atoms with van der Waals surface area (Å²) < 4.78 is 2.98. The monoisotopic (exact) mass is 273 g/mol. The van der Waals surface area contributed by atoms with Crippen molar-refractivity contribution in [1.82, 2.24) is 14.4 Å². The van der Waals surface area contributed by atoms with Crippen LogP contribution in [0.2, 0.25) is 0 Å². The van der Waals surface area contributed by atoms with Crippen LogP contribution in [0.3, 0.4) is 0 Å². The van der Waals surface area contributed by atoms with Gasteiger partial charge in [0, 0.05) is 12.4 Å². The van der Waals surface area contributed by atoms with Gasteiger partial charge in [0.1, 0.15) is 11.3 Å². The number of pyridine rings is 2. The predicted octanol–water partition coefficient (Wildman–Crippen LogP) is 3.16. The highest BCUT2D eigenvalue weighted by molar-refractivity contribution is 9.10. The van der Waals surface area contributed by atoms with E-state index in [-0.39, 0.29) is 0 Å². The molecule has 78 valence electrons. The van der Waals surface area contributed by atoms with Crippen molar-refractivity contribution in [3.8, 4) is 11.4 Å². The normalized spacial score (nSPS) is 10.8. The van der Waals surface area contributed by atoms with E-state index in [0.29, 0.717) is 0 Å². The lowest BCUT2D eigenvalue weighted by Crippen LogP contribution is -1.82. The fraction of sp³-hybridized carbons (Fsp3) is 0. The Morgan fingerprint density at radius 2 is 1.94 bits per heavy atom. The van der Waals surface area contributed by atoms with Crippen LogP contribution in [0.15, 0.2) is 53.4 Å². The van der Waals surface area contributed by atoms with Crippen LogP contribution in [0.25, 0.3) is 17.0 Å². The average molecular weight is 274 g/mol. The molecule has 3 nitrogen and oxygen atoms in total. The summed E-state index contributed by atoms with van der Waals surface area (Å²) in [5.41, 5.74) is 2.68. The van der Waals surface area contributed by atoms with Gasteiger partial charge in [-0.25, -0.2) is 4.98 Å². The van der Waals surface area contributed by atoms with Gasteiger partial charge in [-0.2, -0.15) is 0 Å². The molecule has 0 aliphatic rings. The summed E-state index contributed by atoms with van der Waals surface area (Å²) in [6, 6.07) is 11.7. The summed E-state index contributed by atoms with van der Waals surface area (Å²) >= 11 is 3.49. The highest BCUT2D eigenvalue weighted by atomic mass is 79.9. The molecule has 0 amide bonds. The van der Waals surface area contributed by atoms with Gasteiger partial charge in [0.05, 0.1) is 10.3 Å². The second-order valence-corrected chi connectivity index (χ2v) is 4.23. The van der Waals surface area contributed by atoms with Crippen LogP contribution < -0.4 is 0 Å². The minimum atomic E-state index is 0.882. The first kappa shape index (κ1) is 9.54. The molecule has 0 spiro atoms. The smallest absolute Gasteiger partial charge is 0.138 e. The molecule has 3 aromatic heterocycles. The molecule has 0 unspecified atom stereocenters. The Morgan fingerprint density at radius 1 is 1.00 bits per heavy atom. The lowest BCUT2D eigenvalue weighted by molar-refractivity contribution is 1.14. The summed E-state index contributed by atoms with van der Waals surface area (Å²) in [7, 11) is 0. The molecule has 0 aromatic carbocycles. The predicted molar refractivity (Wildman–Crippen MR) is 66.1 cm³/mol. The highest BCUT2D eigenvalue weighted by Gasteiger charge is 2.05. The largest absolute Gasteiger partial charge is 0.293 e. The lowest BCUT2D eigenvalue weighted by Gasteiger charge is -1.94. The molecule has 4 heteroatoms. The zero-order chi connectivity index (χ0) is 11.0. The number of nitrogens with zero attached hydrogens (tertiary/aromatic N) is 3. The van der Waals surface area contributed by atoms with Gasteiger partial charge >= 0.3 is 0 Å². The number of fused-ring (bicyclic) bond motifs is 1. The van der Waals surface area contributed by atoms with Crippen LogP contribution in [-0.4, -0.2) is 14.4 Å². The van der Waals surface area contributed by atoms with Crippen molar-refractivity contribution < 1.29 is 0 Å². The Labute approximate surface area is 101 Å². The molecular formula is C12H8BrN3. The van der Waals surface area contributed by atoms with Crippen LogP contribution in [-0.2, 0) is 0 Å². The van der Waals surface area contributed by atoms with E-state index in [2.05, 4.69) is 25.9 Å². The van der Waals surface area contributed by atoms with Gasteiger partial charge < -0.3 is 0 Å². The fourth-order valence-corrected chi connectivity index (χ4v) is 2.05. The molecule has 0 saturated carbocycles. The third-order valence-corrected chi connectivity index (χ3v) is 3.02. The maximum absolute atomic E-state index is 4.51. The minimum Gasteiger partial charge on any atom is -0.293 e. The first-order valence-electron chi connectivity index (χ1n) is 4.89. The van der Waals surface area contributed by atoms with Gasteiger partial charge in [0.15, 0.2) is 0 Å². The van der Waals surface area contributed by atoms with Crippen molar-refractivity contribution in [2.45, 2.75) is 0 Å². The number of hydrogen-bond acceptors (Lipinski definition) is 2. The van der Waals surface area contributed by atoms with Crippen LogP contribution in [0.4, 0.5) is 0 Å². The van der Waals surface area contributed by atoms with Crippen LogP contribution in [0.1, 0.15) is 0 Å². The standard InChI is InChI=1S/C12H8BrN3/c13-11-5-3-6-12-15-10(8-16(11)12)9-4-1-2-7-14-9/h1-8H. The molecule has 0 fully saturated rings. The molecule has 3 rings (SSSR count). The molecule has 0 atom stereocenters. The van der Waals surface area contributed by atoms with Crippen molar-refractivity contribution in [1.29, 1.82) is 0 Å². The molecule has 0 aliphatic carbocycles. The van der Waals surface area contributed by atoms with E-state index in [9.17, 15) is 0 Å². The van der Waals surface area contributed by atoms with Crippen molar-refractivity contribution in [2.24, 2.45) is 0 Å². The average Bonchev–Trinajstić information content (AvgIpc) is 2.76. The summed E-state index contributed by atoms with van der Waals surface area (Å²) in [5, 5.41) is 0. The first-order valence-corrected chi connectivity index (χ1v) is 5.69. The van der Waals surface area contributed by atoms with E-state index in [1.807, 2.05) is 47.0 Å². The van der Waals surface area contributed by atoms with Gasteiger partial charge in [-0.15, -0.1) is 0 Å². The Kier molecular flexibility index (Phi) is 2.22. The second kappa shape index (κ2) is 3.72. The van der Waals surface area contributed by atoms with Gasteiger partial charge in [0.25, 0.3) is 0 Å². The summed E-state index contributed by atoms with van der Waals surface area (Å²) in [6.07, 6.45) is 3.75. The second-order valence-electron chi connectivity index (χ2n) is 3.42. The van der Waals surface area contributed by atoms with E-state index in [0.717, 1.165) is 21.6 Å². The minimum absolute atomic E-state index is 0.882. The van der Waals surface area contributed by atoms with E-state index in [1.165, 1.54) is 0 Å². The summed E-state index contributed by atoms with van der Waals surface area (Å²) in [4.78, 5) is 8.80. The molecule has 0 saturated heterocycles. The Morgan fingerprint density at radius 3 is 2.69 bits per heavy atom. The number of imidazole rings is 1. The van der Waals surface area contributed by atoms with Crippen LogP contribution in [0, 0.1) is 0 Å². The van der Waals surface area contributed by atoms with E-state index in [4.69, 9.17) is 0 Å². The Bertz CT molecular complexity index is 631. The van der Waals surface area contributed by atoms with Crippen molar-refractivity contribution in [2.75, 3.05) is 0 Å². The molecule has 3 aromatic rings. The molecule has 0 N–H and O–H groups in total. The zero-order valence-corrected chi connectivity index (χ0v) is 9.92. The molecule has 16 heavy (non-hydrogen) atoms. The maximum Gasteiger partial charge on any atom is 0.138 e. The Balaban J connectivity index is 2.23. The molecule has 0 bridgehead atoms. The summed E-state index contributed by atoms with van der Waals surface area (Å²) in [5.74, 6) is 0.